The van der Waals surface area contributed by atoms with E-state index in [-0.39, 0.29) is 6.03 Å². The molecule has 7 heteroatoms. The third kappa shape index (κ3) is 4.40. The SMILES string of the molecule is COCCNC(=O)N1CCN(c2ccc(Cl)c(Cl)c2)CC1. The number of urea groups is 1. The normalized spacial score (nSPS) is 15.2. The van der Waals surface area contributed by atoms with Crippen LogP contribution in [0.3, 0.4) is 0 Å². The number of carbonyl (C=O) groups excluding carboxylic acids is 1. The number of anilines is 1. The highest BCUT2D eigenvalue weighted by molar-refractivity contribution is 6.42. The van der Waals surface area contributed by atoms with Crippen molar-refractivity contribution in [3.63, 3.8) is 0 Å². The van der Waals surface area contributed by atoms with Crippen molar-refractivity contribution in [1.29, 1.82) is 0 Å². The van der Waals surface area contributed by atoms with Crippen LogP contribution in [0.25, 0.3) is 0 Å². The van der Waals surface area contributed by atoms with E-state index in [2.05, 4.69) is 10.2 Å². The zero-order chi connectivity index (χ0) is 15.2. The van der Waals surface area contributed by atoms with Crippen molar-refractivity contribution in [2.24, 2.45) is 0 Å². The minimum absolute atomic E-state index is 0.0409. The molecule has 0 aliphatic carbocycles. The van der Waals surface area contributed by atoms with Crippen LogP contribution in [-0.2, 0) is 4.74 Å². The molecule has 1 aromatic carbocycles. The molecular weight excluding hydrogens is 313 g/mol. The lowest BCUT2D eigenvalue weighted by atomic mass is 10.2. The molecule has 1 fully saturated rings. The molecule has 0 radical (unpaired) electrons. The second-order valence-corrected chi connectivity index (χ2v) is 5.61. The van der Waals surface area contributed by atoms with E-state index in [9.17, 15) is 4.79 Å². The summed E-state index contributed by atoms with van der Waals surface area (Å²) in [5, 5.41) is 3.93. The lowest BCUT2D eigenvalue weighted by molar-refractivity contribution is 0.177. The van der Waals surface area contributed by atoms with Gasteiger partial charge < -0.3 is 19.9 Å². The predicted molar refractivity (Wildman–Crippen MR) is 85.5 cm³/mol. The number of halogens is 2. The first-order valence-electron chi connectivity index (χ1n) is 6.83. The lowest BCUT2D eigenvalue weighted by Gasteiger charge is -2.36. The summed E-state index contributed by atoms with van der Waals surface area (Å²) >= 11 is 12.0. The summed E-state index contributed by atoms with van der Waals surface area (Å²) in [6, 6.07) is 5.56. The Balaban J connectivity index is 1.85. The Morgan fingerprint density at radius 3 is 2.57 bits per heavy atom. The van der Waals surface area contributed by atoms with E-state index in [1.54, 1.807) is 13.2 Å². The maximum Gasteiger partial charge on any atom is 0.317 e. The summed E-state index contributed by atoms with van der Waals surface area (Å²) in [5.74, 6) is 0. The van der Waals surface area contributed by atoms with Crippen molar-refractivity contribution in [2.75, 3.05) is 51.3 Å². The summed E-state index contributed by atoms with van der Waals surface area (Å²) in [6.45, 7) is 3.96. The second kappa shape index (κ2) is 7.73. The van der Waals surface area contributed by atoms with Crippen LogP contribution in [-0.4, -0.2) is 57.4 Å². The van der Waals surface area contributed by atoms with Crippen LogP contribution in [0.4, 0.5) is 10.5 Å². The largest absolute Gasteiger partial charge is 0.383 e. The van der Waals surface area contributed by atoms with E-state index in [0.717, 1.165) is 18.8 Å². The minimum atomic E-state index is -0.0409. The molecule has 0 unspecified atom stereocenters. The number of carbonyl (C=O) groups is 1. The number of piperazine rings is 1. The van der Waals surface area contributed by atoms with Crippen LogP contribution in [0.1, 0.15) is 0 Å². The van der Waals surface area contributed by atoms with Crippen LogP contribution in [0.15, 0.2) is 18.2 Å². The highest BCUT2D eigenvalue weighted by Gasteiger charge is 2.21. The van der Waals surface area contributed by atoms with Crippen molar-refractivity contribution in [1.82, 2.24) is 10.2 Å². The van der Waals surface area contributed by atoms with Gasteiger partial charge in [0.2, 0.25) is 0 Å². The molecule has 0 saturated carbocycles. The van der Waals surface area contributed by atoms with Gasteiger partial charge in [-0.15, -0.1) is 0 Å². The average molecular weight is 332 g/mol. The number of benzene rings is 1. The molecular formula is C14H19Cl2N3O2. The van der Waals surface area contributed by atoms with Gasteiger partial charge in [0, 0.05) is 45.5 Å². The van der Waals surface area contributed by atoms with Gasteiger partial charge in [0.25, 0.3) is 0 Å². The molecule has 1 saturated heterocycles. The highest BCUT2D eigenvalue weighted by atomic mass is 35.5. The summed E-state index contributed by atoms with van der Waals surface area (Å²) in [7, 11) is 1.61. The van der Waals surface area contributed by atoms with E-state index < -0.39 is 0 Å². The molecule has 0 bridgehead atoms. The van der Waals surface area contributed by atoms with E-state index in [1.807, 2.05) is 17.0 Å². The number of nitrogens with one attached hydrogen (secondary N) is 1. The van der Waals surface area contributed by atoms with Gasteiger partial charge in [0.1, 0.15) is 0 Å². The van der Waals surface area contributed by atoms with Gasteiger partial charge in [-0.2, -0.15) is 0 Å². The molecule has 0 aromatic heterocycles. The topological polar surface area (TPSA) is 44.8 Å². The summed E-state index contributed by atoms with van der Waals surface area (Å²) in [5.41, 5.74) is 1.03. The Hall–Kier alpha value is -1.17. The first kappa shape index (κ1) is 16.2. The number of rotatable bonds is 4. The summed E-state index contributed by atoms with van der Waals surface area (Å²) in [4.78, 5) is 15.9. The number of nitrogens with zero attached hydrogens (tertiary/aromatic N) is 2. The van der Waals surface area contributed by atoms with Gasteiger partial charge in [-0.1, -0.05) is 23.2 Å². The van der Waals surface area contributed by atoms with Crippen molar-refractivity contribution in [2.45, 2.75) is 0 Å². The standard InChI is InChI=1S/C14H19Cl2N3O2/c1-21-9-4-17-14(20)19-7-5-18(6-8-19)11-2-3-12(15)13(16)10-11/h2-3,10H,4-9H2,1H3,(H,17,20). The first-order chi connectivity index (χ1) is 10.1. The number of amides is 2. The van der Waals surface area contributed by atoms with Gasteiger partial charge in [-0.25, -0.2) is 4.79 Å². The molecule has 116 valence electrons. The van der Waals surface area contributed by atoms with Gasteiger partial charge in [-0.05, 0) is 18.2 Å². The fraction of sp³-hybridized carbons (Fsp3) is 0.500. The Bertz CT molecular complexity index is 491. The van der Waals surface area contributed by atoms with Crippen LogP contribution in [0.5, 0.6) is 0 Å². The zero-order valence-corrected chi connectivity index (χ0v) is 13.5. The molecule has 1 N–H and O–H groups in total. The Morgan fingerprint density at radius 2 is 1.95 bits per heavy atom. The third-order valence-electron chi connectivity index (χ3n) is 3.42. The molecule has 1 aliphatic rings. The first-order valence-corrected chi connectivity index (χ1v) is 7.59. The van der Waals surface area contributed by atoms with Crippen LogP contribution < -0.4 is 10.2 Å². The van der Waals surface area contributed by atoms with Crippen molar-refractivity contribution >= 4 is 34.9 Å². The molecule has 5 nitrogen and oxygen atoms in total. The fourth-order valence-corrected chi connectivity index (χ4v) is 2.51. The fourth-order valence-electron chi connectivity index (χ4n) is 2.22. The highest BCUT2D eigenvalue weighted by Crippen LogP contribution is 2.27. The predicted octanol–water partition coefficient (Wildman–Crippen LogP) is 2.47. The Morgan fingerprint density at radius 1 is 1.24 bits per heavy atom. The van der Waals surface area contributed by atoms with E-state index in [4.69, 9.17) is 27.9 Å². The van der Waals surface area contributed by atoms with Crippen molar-refractivity contribution in [3.05, 3.63) is 28.2 Å². The number of methoxy groups -OCH3 is 1. The van der Waals surface area contributed by atoms with Crippen LogP contribution >= 0.6 is 23.2 Å². The number of hydrogen-bond donors (Lipinski definition) is 1. The Kier molecular flexibility index (Phi) is 5.96. The molecule has 0 spiro atoms. The lowest BCUT2D eigenvalue weighted by Crippen LogP contribution is -2.52. The minimum Gasteiger partial charge on any atom is -0.383 e. The third-order valence-corrected chi connectivity index (χ3v) is 4.16. The molecule has 1 heterocycles. The quantitative estimate of drug-likeness (QED) is 0.862. The van der Waals surface area contributed by atoms with Gasteiger partial charge in [0.05, 0.1) is 16.7 Å². The molecule has 2 rings (SSSR count). The molecule has 0 atom stereocenters. The van der Waals surface area contributed by atoms with Crippen LogP contribution in [0, 0.1) is 0 Å². The monoisotopic (exact) mass is 331 g/mol. The van der Waals surface area contributed by atoms with Crippen molar-refractivity contribution < 1.29 is 9.53 Å². The zero-order valence-electron chi connectivity index (χ0n) is 11.9. The van der Waals surface area contributed by atoms with Gasteiger partial charge in [0.15, 0.2) is 0 Å². The molecule has 21 heavy (non-hydrogen) atoms. The van der Waals surface area contributed by atoms with Crippen molar-refractivity contribution in [3.8, 4) is 0 Å². The molecule has 1 aromatic rings. The second-order valence-electron chi connectivity index (χ2n) is 4.80. The molecule has 2 amide bonds. The van der Waals surface area contributed by atoms with Gasteiger partial charge >= 0.3 is 6.03 Å². The van der Waals surface area contributed by atoms with E-state index >= 15 is 0 Å². The van der Waals surface area contributed by atoms with Crippen LogP contribution in [0.2, 0.25) is 10.0 Å². The number of ether oxygens (including phenoxy) is 1. The van der Waals surface area contributed by atoms with E-state index in [1.165, 1.54) is 0 Å². The molecule has 1 aliphatic heterocycles. The summed E-state index contributed by atoms with van der Waals surface area (Å²) in [6.07, 6.45) is 0. The average Bonchev–Trinajstić information content (AvgIpc) is 2.50. The van der Waals surface area contributed by atoms with Gasteiger partial charge in [-0.3, -0.25) is 0 Å². The van der Waals surface area contributed by atoms with E-state index in [0.29, 0.717) is 36.3 Å². The summed E-state index contributed by atoms with van der Waals surface area (Å²) < 4.78 is 4.91. The maximum absolute atomic E-state index is 11.9. The maximum atomic E-state index is 11.9. The Labute approximate surface area is 134 Å². The number of hydrogen-bond acceptors (Lipinski definition) is 3. The smallest absolute Gasteiger partial charge is 0.317 e.